The maximum absolute atomic E-state index is 12.3. The highest BCUT2D eigenvalue weighted by Gasteiger charge is 2.14. The fourth-order valence-corrected chi connectivity index (χ4v) is 6.74. The normalized spacial score (nSPS) is 10.4. The molecule has 0 atom stereocenters. The van der Waals surface area contributed by atoms with Gasteiger partial charge in [-0.1, -0.05) is 72.8 Å². The van der Waals surface area contributed by atoms with E-state index in [9.17, 15) is 9.59 Å². The number of carboxylic acid groups (broad SMARTS) is 1. The lowest BCUT2D eigenvalue weighted by Crippen LogP contribution is -2.23. The van der Waals surface area contributed by atoms with Gasteiger partial charge in [0.05, 0.1) is 56.9 Å². The number of ether oxygens (including phenoxy) is 10. The summed E-state index contributed by atoms with van der Waals surface area (Å²) in [6.07, 6.45) is 7.15. The molecule has 6 rings (SSSR count). The van der Waals surface area contributed by atoms with Crippen LogP contribution in [0.5, 0.6) is 57.5 Å². The number of nitrogens with two attached hydrogens (primary N) is 1. The van der Waals surface area contributed by atoms with Gasteiger partial charge in [-0.15, -0.1) is 0 Å². The minimum atomic E-state index is -1.02. The topological polar surface area (TPSA) is 185 Å². The van der Waals surface area contributed by atoms with Crippen LogP contribution in [0.4, 0.5) is 0 Å². The fraction of sp³-hybridized carbons (Fsp3) is 0.250. The Balaban J connectivity index is 0.000000256. The summed E-state index contributed by atoms with van der Waals surface area (Å²) in [6.45, 7) is 2.08. The smallest absolute Gasteiger partial charge is 0.328 e. The zero-order valence-electron chi connectivity index (χ0n) is 41.5. The molecule has 6 aromatic carbocycles. The maximum Gasteiger partial charge on any atom is 0.328 e. The SMILES string of the molecule is COc1cc(/C=C/C(=O)O)cc(OC)c1OC.COc1ccc(CCN)cc1OCc1ccccc1.COc1ccc(CCNC(=O)/C=C/c2cc(OC)c(OC)c(OC)c2)cc1OCc1ccccc1. The highest BCUT2D eigenvalue weighted by atomic mass is 16.5. The third-order valence-corrected chi connectivity index (χ3v) is 10.3. The number of aliphatic carboxylic acids is 1. The predicted octanol–water partition coefficient (Wildman–Crippen LogP) is 9.26. The van der Waals surface area contributed by atoms with Gasteiger partial charge in [-0.05, 0) is 113 Å². The molecule has 0 saturated heterocycles. The Morgan fingerprint density at radius 1 is 0.465 bits per heavy atom. The summed E-state index contributed by atoms with van der Waals surface area (Å²) in [4.78, 5) is 22.8. The number of hydrogen-bond donors (Lipinski definition) is 3. The van der Waals surface area contributed by atoms with Gasteiger partial charge in [0, 0.05) is 18.7 Å². The van der Waals surface area contributed by atoms with Crippen molar-refractivity contribution in [2.75, 3.05) is 70.0 Å². The Morgan fingerprint density at radius 2 is 0.859 bits per heavy atom. The van der Waals surface area contributed by atoms with Gasteiger partial charge in [-0.25, -0.2) is 4.79 Å². The number of methoxy groups -OCH3 is 8. The van der Waals surface area contributed by atoms with Gasteiger partial charge < -0.3 is 63.5 Å². The first-order valence-electron chi connectivity index (χ1n) is 22.4. The van der Waals surface area contributed by atoms with Crippen LogP contribution in [0.3, 0.4) is 0 Å². The molecule has 0 radical (unpaired) electrons. The average molecular weight is 973 g/mol. The van der Waals surface area contributed by atoms with Crippen molar-refractivity contribution in [3.8, 4) is 57.5 Å². The second-order valence-electron chi connectivity index (χ2n) is 15.0. The zero-order valence-corrected chi connectivity index (χ0v) is 41.5. The molecule has 0 bridgehead atoms. The monoisotopic (exact) mass is 972 g/mol. The van der Waals surface area contributed by atoms with Crippen molar-refractivity contribution >= 4 is 24.0 Å². The molecule has 0 heterocycles. The van der Waals surface area contributed by atoms with E-state index in [4.69, 9.17) is 58.2 Å². The van der Waals surface area contributed by atoms with E-state index in [1.807, 2.05) is 97.1 Å². The van der Waals surface area contributed by atoms with Crippen LogP contribution in [-0.4, -0.2) is 87.0 Å². The summed E-state index contributed by atoms with van der Waals surface area (Å²) in [5, 5.41) is 11.5. The Hall–Kier alpha value is -8.30. The van der Waals surface area contributed by atoms with Crippen LogP contribution in [0.1, 0.15) is 33.4 Å². The lowest BCUT2D eigenvalue weighted by atomic mass is 10.1. The third-order valence-electron chi connectivity index (χ3n) is 10.3. The Bertz CT molecular complexity index is 2590. The predicted molar refractivity (Wildman–Crippen MR) is 275 cm³/mol. The highest BCUT2D eigenvalue weighted by Crippen LogP contribution is 2.40. The van der Waals surface area contributed by atoms with Crippen molar-refractivity contribution in [1.29, 1.82) is 0 Å². The van der Waals surface area contributed by atoms with Crippen molar-refractivity contribution in [2.24, 2.45) is 5.73 Å². The molecule has 71 heavy (non-hydrogen) atoms. The summed E-state index contributed by atoms with van der Waals surface area (Å²) in [5.41, 5.74) is 11.4. The standard InChI is InChI=1S/C28H31NO6.C16H19NO2.C12H14O5/c1-31-23-12-10-20(16-24(23)35-19-21-8-6-5-7-9-21)14-15-29-27(30)13-11-22-17-25(32-2)28(34-4)26(18-22)33-3;1-18-15-8-7-13(9-10-17)11-16(15)19-12-14-5-3-2-4-6-14;1-15-9-6-8(4-5-11(13)14)7-10(16-2)12(9)17-3/h5-13,16-18H,14-15,19H2,1-4H3,(H,29,30);2-8,11H,9-10,12,17H2,1H3;4-7H,1-3H3,(H,13,14)/b13-11+;;5-4+. The van der Waals surface area contributed by atoms with E-state index in [2.05, 4.69) is 5.32 Å². The molecule has 0 unspecified atom stereocenters. The van der Waals surface area contributed by atoms with Gasteiger partial charge in [0.2, 0.25) is 17.4 Å². The minimum absolute atomic E-state index is 0.201. The number of carboxylic acids is 1. The van der Waals surface area contributed by atoms with Gasteiger partial charge >= 0.3 is 5.97 Å². The van der Waals surface area contributed by atoms with E-state index in [0.29, 0.717) is 84.3 Å². The van der Waals surface area contributed by atoms with Gasteiger partial charge in [0.25, 0.3) is 0 Å². The Kier molecular flexibility index (Phi) is 23.6. The van der Waals surface area contributed by atoms with Crippen LogP contribution in [-0.2, 0) is 35.6 Å². The molecule has 0 saturated carbocycles. The number of hydrogen-bond acceptors (Lipinski definition) is 13. The lowest BCUT2D eigenvalue weighted by Gasteiger charge is -2.13. The zero-order chi connectivity index (χ0) is 51.4. The first-order valence-corrected chi connectivity index (χ1v) is 22.4. The summed E-state index contributed by atoms with van der Waals surface area (Å²) < 4.78 is 54.0. The van der Waals surface area contributed by atoms with Crippen LogP contribution in [0.15, 0.2) is 133 Å². The van der Waals surface area contributed by atoms with E-state index in [1.54, 1.807) is 65.9 Å². The van der Waals surface area contributed by atoms with Gasteiger partial charge in [-0.3, -0.25) is 4.79 Å². The number of benzene rings is 6. The van der Waals surface area contributed by atoms with Crippen molar-refractivity contribution in [1.82, 2.24) is 5.32 Å². The number of rotatable bonds is 23. The quantitative estimate of drug-likeness (QED) is 0.0516. The summed E-state index contributed by atoms with van der Waals surface area (Å²) in [6, 6.07) is 38.6. The minimum Gasteiger partial charge on any atom is -0.493 e. The largest absolute Gasteiger partial charge is 0.493 e. The van der Waals surface area contributed by atoms with Crippen molar-refractivity contribution in [3.63, 3.8) is 0 Å². The number of carbonyl (C=O) groups excluding carboxylic acids is 1. The van der Waals surface area contributed by atoms with E-state index in [-0.39, 0.29) is 5.91 Å². The summed E-state index contributed by atoms with van der Waals surface area (Å²) in [7, 11) is 12.4. The molecule has 0 aliphatic carbocycles. The molecule has 0 aliphatic rings. The summed E-state index contributed by atoms with van der Waals surface area (Å²) >= 11 is 0. The second-order valence-corrected chi connectivity index (χ2v) is 15.0. The molecule has 15 nitrogen and oxygen atoms in total. The second kappa shape index (κ2) is 30.2. The average Bonchev–Trinajstić information content (AvgIpc) is 3.41. The van der Waals surface area contributed by atoms with Crippen LogP contribution < -0.4 is 58.4 Å². The molecule has 0 fully saturated rings. The maximum atomic E-state index is 12.3. The Morgan fingerprint density at radius 3 is 1.23 bits per heavy atom. The highest BCUT2D eigenvalue weighted by molar-refractivity contribution is 5.92. The molecular weight excluding hydrogens is 909 g/mol. The number of nitrogens with one attached hydrogen (secondary N) is 1. The van der Waals surface area contributed by atoms with Gasteiger partial charge in [0.15, 0.2) is 46.0 Å². The Labute approximate surface area is 416 Å². The number of carbonyl (C=O) groups is 2. The van der Waals surface area contributed by atoms with E-state index in [0.717, 1.165) is 51.8 Å². The molecule has 15 heteroatoms. The van der Waals surface area contributed by atoms with Crippen LogP contribution in [0.25, 0.3) is 12.2 Å². The molecule has 0 aromatic heterocycles. The van der Waals surface area contributed by atoms with Crippen LogP contribution in [0, 0.1) is 0 Å². The first kappa shape index (κ1) is 55.3. The van der Waals surface area contributed by atoms with E-state index >= 15 is 0 Å². The molecule has 1 amide bonds. The molecule has 4 N–H and O–H groups in total. The van der Waals surface area contributed by atoms with Crippen molar-refractivity contribution < 1.29 is 62.1 Å². The fourth-order valence-electron chi connectivity index (χ4n) is 6.74. The van der Waals surface area contributed by atoms with Crippen molar-refractivity contribution in [3.05, 3.63) is 167 Å². The lowest BCUT2D eigenvalue weighted by molar-refractivity contribution is -0.131. The number of amides is 1. The molecule has 6 aromatic rings. The van der Waals surface area contributed by atoms with Crippen molar-refractivity contribution in [2.45, 2.75) is 26.1 Å². The molecule has 376 valence electrons. The van der Waals surface area contributed by atoms with E-state index < -0.39 is 5.97 Å². The van der Waals surface area contributed by atoms with Gasteiger partial charge in [-0.2, -0.15) is 0 Å². The van der Waals surface area contributed by atoms with Crippen LogP contribution in [0.2, 0.25) is 0 Å². The molecular formula is C56H64N2O13. The summed E-state index contributed by atoms with van der Waals surface area (Å²) in [5.74, 6) is 4.62. The third kappa shape index (κ3) is 17.9. The van der Waals surface area contributed by atoms with Gasteiger partial charge in [0.1, 0.15) is 13.2 Å². The van der Waals surface area contributed by atoms with E-state index in [1.165, 1.54) is 33.5 Å². The molecule has 0 aliphatic heterocycles. The molecule has 0 spiro atoms. The first-order chi connectivity index (χ1) is 34.5. The van der Waals surface area contributed by atoms with Crippen LogP contribution >= 0.6 is 0 Å².